The van der Waals surface area contributed by atoms with Gasteiger partial charge in [0.2, 0.25) is 0 Å². The van der Waals surface area contributed by atoms with Crippen LogP contribution in [0.2, 0.25) is 5.02 Å². The van der Waals surface area contributed by atoms with Crippen molar-refractivity contribution in [3.05, 3.63) is 17.2 Å². The Morgan fingerprint density at radius 3 is 2.59 bits per heavy atom. The number of hydrogen-bond donors (Lipinski definition) is 3. The lowest BCUT2D eigenvalue weighted by molar-refractivity contribution is 0.198. The Bertz CT molecular complexity index is 642. The number of sulfone groups is 1. The van der Waals surface area contributed by atoms with Gasteiger partial charge < -0.3 is 20.9 Å². The van der Waals surface area contributed by atoms with Crippen LogP contribution < -0.4 is 11.1 Å². The third-order valence-corrected chi connectivity index (χ3v) is 5.61. The summed E-state index contributed by atoms with van der Waals surface area (Å²) in [4.78, 5) is 10.4. The molecule has 1 unspecified atom stereocenters. The van der Waals surface area contributed by atoms with Crippen LogP contribution in [0.25, 0.3) is 0 Å². The number of phenols is 1. The van der Waals surface area contributed by atoms with Crippen molar-refractivity contribution < 1.29 is 23.1 Å². The van der Waals surface area contributed by atoms with Crippen LogP contribution in [0.3, 0.4) is 0 Å². The highest BCUT2D eigenvalue weighted by Gasteiger charge is 2.35. The quantitative estimate of drug-likeness (QED) is 0.721. The van der Waals surface area contributed by atoms with Crippen molar-refractivity contribution >= 4 is 33.2 Å². The number of hydrogen-bond acceptors (Lipinski definition) is 5. The standard InChI is InChI=1S/C11H13ClN2O5S.C2H6/c12-7-1-2-8(14-11(13)16)9(15)10(7)20(17,18)6-3-4-19-5-6;1-2/h1-2,6,15H,3-5H2,(H3,13,14,16);1-2H3. The van der Waals surface area contributed by atoms with Crippen LogP contribution in [0.15, 0.2) is 17.0 Å². The van der Waals surface area contributed by atoms with E-state index < -0.39 is 31.8 Å². The van der Waals surface area contributed by atoms with Crippen molar-refractivity contribution in [1.29, 1.82) is 0 Å². The fraction of sp³-hybridized carbons (Fsp3) is 0.462. The summed E-state index contributed by atoms with van der Waals surface area (Å²) in [5.41, 5.74) is 4.84. The maximum atomic E-state index is 12.4. The minimum atomic E-state index is -3.86. The van der Waals surface area contributed by atoms with Gasteiger partial charge in [-0.05, 0) is 18.6 Å². The number of benzene rings is 1. The number of halogens is 1. The third-order valence-electron chi connectivity index (χ3n) is 2.95. The van der Waals surface area contributed by atoms with E-state index >= 15 is 0 Å². The van der Waals surface area contributed by atoms with Gasteiger partial charge in [-0.3, -0.25) is 0 Å². The van der Waals surface area contributed by atoms with Crippen molar-refractivity contribution in [3.63, 3.8) is 0 Å². The van der Waals surface area contributed by atoms with E-state index in [0.717, 1.165) is 0 Å². The van der Waals surface area contributed by atoms with Gasteiger partial charge in [0.1, 0.15) is 4.90 Å². The Morgan fingerprint density at radius 2 is 2.09 bits per heavy atom. The van der Waals surface area contributed by atoms with E-state index in [-0.39, 0.29) is 17.3 Å². The number of primary amides is 1. The highest BCUT2D eigenvalue weighted by atomic mass is 35.5. The highest BCUT2D eigenvalue weighted by molar-refractivity contribution is 7.92. The van der Waals surface area contributed by atoms with Crippen LogP contribution in [-0.4, -0.2) is 38.0 Å². The molecular weight excluding hydrogens is 332 g/mol. The second-order valence-electron chi connectivity index (χ2n) is 4.29. The average molecular weight is 351 g/mol. The fourth-order valence-electron chi connectivity index (χ4n) is 1.98. The second kappa shape index (κ2) is 7.66. The van der Waals surface area contributed by atoms with Gasteiger partial charge in [0, 0.05) is 6.61 Å². The molecule has 0 saturated carbocycles. The minimum Gasteiger partial charge on any atom is -0.504 e. The molecule has 0 spiro atoms. The number of nitrogens with one attached hydrogen (secondary N) is 1. The summed E-state index contributed by atoms with van der Waals surface area (Å²) in [6.07, 6.45) is 0.325. The molecule has 2 amide bonds. The summed E-state index contributed by atoms with van der Waals surface area (Å²) in [6, 6.07) is 1.62. The third kappa shape index (κ3) is 3.82. The summed E-state index contributed by atoms with van der Waals surface area (Å²) < 4.78 is 29.9. The number of phenolic OH excluding ortho intramolecular Hbond substituents is 1. The molecule has 4 N–H and O–H groups in total. The molecule has 1 fully saturated rings. The summed E-state index contributed by atoms with van der Waals surface area (Å²) in [6.45, 7) is 4.38. The lowest BCUT2D eigenvalue weighted by Gasteiger charge is -2.15. The summed E-state index contributed by atoms with van der Waals surface area (Å²) >= 11 is 5.88. The monoisotopic (exact) mass is 350 g/mol. The molecule has 0 aromatic heterocycles. The van der Waals surface area contributed by atoms with Gasteiger partial charge in [-0.2, -0.15) is 0 Å². The number of aromatic hydroxyl groups is 1. The van der Waals surface area contributed by atoms with Crippen molar-refractivity contribution in [2.45, 2.75) is 30.4 Å². The van der Waals surface area contributed by atoms with Crippen molar-refractivity contribution in [3.8, 4) is 5.75 Å². The molecule has 1 heterocycles. The summed E-state index contributed by atoms with van der Waals surface area (Å²) in [5, 5.41) is 11.3. The van der Waals surface area contributed by atoms with E-state index in [4.69, 9.17) is 22.1 Å². The van der Waals surface area contributed by atoms with E-state index in [1.807, 2.05) is 13.8 Å². The number of amides is 2. The summed E-state index contributed by atoms with van der Waals surface area (Å²) in [7, 11) is -3.86. The molecule has 1 saturated heterocycles. The molecule has 1 aliphatic rings. The number of urea groups is 1. The van der Waals surface area contributed by atoms with Crippen molar-refractivity contribution in [1.82, 2.24) is 0 Å². The number of rotatable bonds is 3. The van der Waals surface area contributed by atoms with Gasteiger partial charge in [-0.15, -0.1) is 0 Å². The van der Waals surface area contributed by atoms with Crippen molar-refractivity contribution in [2.75, 3.05) is 18.5 Å². The Balaban J connectivity index is 0.00000116. The molecule has 1 aromatic rings. The van der Waals surface area contributed by atoms with Crippen molar-refractivity contribution in [2.24, 2.45) is 5.73 Å². The zero-order chi connectivity index (χ0) is 16.9. The van der Waals surface area contributed by atoms with Crippen LogP contribution in [0.4, 0.5) is 10.5 Å². The number of carbonyl (C=O) groups is 1. The first kappa shape index (κ1) is 18.5. The molecule has 7 nitrogen and oxygen atoms in total. The molecule has 0 bridgehead atoms. The average Bonchev–Trinajstić information content (AvgIpc) is 2.99. The van der Waals surface area contributed by atoms with Gasteiger partial charge in [-0.25, -0.2) is 13.2 Å². The Labute approximate surface area is 134 Å². The van der Waals surface area contributed by atoms with Crippen LogP contribution in [0, 0.1) is 0 Å². The predicted molar refractivity (Wildman–Crippen MR) is 84.1 cm³/mol. The maximum absolute atomic E-state index is 12.4. The Kier molecular flexibility index (Phi) is 6.46. The van der Waals surface area contributed by atoms with E-state index in [2.05, 4.69) is 5.32 Å². The zero-order valence-corrected chi connectivity index (χ0v) is 13.9. The first-order chi connectivity index (χ1) is 10.3. The lowest BCUT2D eigenvalue weighted by Crippen LogP contribution is -2.23. The molecule has 0 aliphatic carbocycles. The first-order valence-electron chi connectivity index (χ1n) is 6.73. The van der Waals surface area contributed by atoms with E-state index in [1.165, 1.54) is 12.1 Å². The SMILES string of the molecule is CC.NC(=O)Nc1ccc(Cl)c(S(=O)(=O)C2CCOC2)c1O. The van der Waals surface area contributed by atoms with Gasteiger partial charge in [0.05, 0.1) is 22.6 Å². The number of nitrogens with two attached hydrogens (primary N) is 1. The molecular formula is C13H19ClN2O5S. The minimum absolute atomic E-state index is 0.0472. The van der Waals surface area contributed by atoms with Gasteiger partial charge >= 0.3 is 6.03 Å². The van der Waals surface area contributed by atoms with E-state index in [1.54, 1.807) is 0 Å². The number of ether oxygens (including phenoxy) is 1. The molecule has 2 rings (SSSR count). The molecule has 0 radical (unpaired) electrons. The van der Waals surface area contributed by atoms with Gasteiger partial charge in [0.25, 0.3) is 0 Å². The van der Waals surface area contributed by atoms with E-state index in [0.29, 0.717) is 13.0 Å². The maximum Gasteiger partial charge on any atom is 0.316 e. The van der Waals surface area contributed by atoms with Crippen LogP contribution in [0.5, 0.6) is 5.75 Å². The normalized spacial score (nSPS) is 17.5. The van der Waals surface area contributed by atoms with Crippen LogP contribution in [-0.2, 0) is 14.6 Å². The fourth-order valence-corrected chi connectivity index (χ4v) is 4.18. The van der Waals surface area contributed by atoms with Gasteiger partial charge in [0.15, 0.2) is 15.6 Å². The lowest BCUT2D eigenvalue weighted by atomic mass is 10.3. The number of carbonyl (C=O) groups excluding carboxylic acids is 1. The van der Waals surface area contributed by atoms with E-state index in [9.17, 15) is 18.3 Å². The zero-order valence-electron chi connectivity index (χ0n) is 12.3. The second-order valence-corrected chi connectivity index (χ2v) is 6.86. The number of anilines is 1. The summed E-state index contributed by atoms with van der Waals surface area (Å²) in [5.74, 6) is -0.622. The topological polar surface area (TPSA) is 119 Å². The molecule has 1 atom stereocenters. The Hall–Kier alpha value is -1.51. The van der Waals surface area contributed by atoms with Crippen LogP contribution >= 0.6 is 11.6 Å². The Morgan fingerprint density at radius 1 is 1.45 bits per heavy atom. The van der Waals surface area contributed by atoms with Crippen LogP contribution in [0.1, 0.15) is 20.3 Å². The first-order valence-corrected chi connectivity index (χ1v) is 8.66. The predicted octanol–water partition coefficient (Wildman–Crippen LogP) is 2.13. The molecule has 1 aromatic carbocycles. The highest BCUT2D eigenvalue weighted by Crippen LogP contribution is 2.39. The molecule has 9 heteroatoms. The molecule has 124 valence electrons. The van der Waals surface area contributed by atoms with Gasteiger partial charge in [-0.1, -0.05) is 25.4 Å². The largest absolute Gasteiger partial charge is 0.504 e. The molecule has 22 heavy (non-hydrogen) atoms. The molecule has 1 aliphatic heterocycles. The smallest absolute Gasteiger partial charge is 0.316 e.